The summed E-state index contributed by atoms with van der Waals surface area (Å²) in [7, 11) is 0. The highest BCUT2D eigenvalue weighted by Gasteiger charge is 2.21. The number of aromatic hydroxyl groups is 3. The van der Waals surface area contributed by atoms with Gasteiger partial charge in [-0.05, 0) is 26.0 Å². The molecule has 0 fully saturated rings. The number of azo groups is 1. The summed E-state index contributed by atoms with van der Waals surface area (Å²) in [5.41, 5.74) is -0.340. The molecule has 0 aliphatic rings. The van der Waals surface area contributed by atoms with Gasteiger partial charge < -0.3 is 19.7 Å². The summed E-state index contributed by atoms with van der Waals surface area (Å²) in [5.74, 6) is -0.502. The molecule has 0 saturated heterocycles. The maximum absolute atomic E-state index is 12.2. The number of hydrogen-bond donors (Lipinski definition) is 3. The largest absolute Gasteiger partial charge is 0.507 e. The Hall–Kier alpha value is -3.35. The minimum Gasteiger partial charge on any atom is -0.507 e. The van der Waals surface area contributed by atoms with Crippen molar-refractivity contribution in [2.24, 2.45) is 10.2 Å². The van der Waals surface area contributed by atoms with Crippen LogP contribution in [0.5, 0.6) is 17.2 Å². The van der Waals surface area contributed by atoms with Crippen LogP contribution in [-0.4, -0.2) is 15.3 Å². The number of nitrogens with zero attached hydrogens (tertiary/aromatic N) is 2. The van der Waals surface area contributed by atoms with Crippen LogP contribution in [0.15, 0.2) is 49.8 Å². The van der Waals surface area contributed by atoms with Gasteiger partial charge in [0.15, 0.2) is 22.4 Å². The number of benzene rings is 2. The lowest BCUT2D eigenvalue weighted by Crippen LogP contribution is -2.01. The fourth-order valence-corrected chi connectivity index (χ4v) is 2.33. The van der Waals surface area contributed by atoms with Crippen LogP contribution >= 0.6 is 0 Å². The van der Waals surface area contributed by atoms with Crippen LogP contribution in [0, 0.1) is 13.8 Å². The van der Waals surface area contributed by atoms with Gasteiger partial charge in [-0.1, -0.05) is 12.1 Å². The second-order valence-electron chi connectivity index (χ2n) is 5.28. The molecule has 1 aromatic heterocycles. The Morgan fingerprint density at radius 1 is 1.00 bits per heavy atom. The SMILES string of the molecule is Cc1cc(=O)c2c(O)c(C)c(O)c(N=Nc3ccccc3O)c2o1. The summed E-state index contributed by atoms with van der Waals surface area (Å²) in [6.45, 7) is 3.02. The zero-order valence-electron chi connectivity index (χ0n) is 12.9. The molecular formula is C17H14N2O5. The first-order chi connectivity index (χ1) is 11.4. The Morgan fingerprint density at radius 3 is 2.42 bits per heavy atom. The summed E-state index contributed by atoms with van der Waals surface area (Å²) in [6.07, 6.45) is 0. The maximum Gasteiger partial charge on any atom is 0.196 e. The summed E-state index contributed by atoms with van der Waals surface area (Å²) >= 11 is 0. The predicted octanol–water partition coefficient (Wildman–Crippen LogP) is 3.94. The van der Waals surface area contributed by atoms with Gasteiger partial charge in [-0.3, -0.25) is 4.79 Å². The Kier molecular flexibility index (Phi) is 3.69. The van der Waals surface area contributed by atoms with Crippen molar-refractivity contribution in [3.8, 4) is 17.2 Å². The van der Waals surface area contributed by atoms with Gasteiger partial charge in [0.25, 0.3) is 0 Å². The highest BCUT2D eigenvalue weighted by Crippen LogP contribution is 2.44. The van der Waals surface area contributed by atoms with Crippen molar-refractivity contribution in [1.29, 1.82) is 0 Å². The lowest BCUT2D eigenvalue weighted by molar-refractivity contribution is 0.445. The van der Waals surface area contributed by atoms with E-state index in [-0.39, 0.29) is 45.2 Å². The van der Waals surface area contributed by atoms with Gasteiger partial charge in [-0.15, -0.1) is 10.2 Å². The zero-order valence-corrected chi connectivity index (χ0v) is 12.9. The van der Waals surface area contributed by atoms with Crippen LogP contribution in [0.1, 0.15) is 11.3 Å². The molecule has 0 amide bonds. The van der Waals surface area contributed by atoms with Crippen molar-refractivity contribution in [1.82, 2.24) is 0 Å². The molecule has 24 heavy (non-hydrogen) atoms. The maximum atomic E-state index is 12.2. The number of aryl methyl sites for hydroxylation is 1. The molecule has 0 aliphatic carbocycles. The molecule has 3 N–H and O–H groups in total. The minimum absolute atomic E-state index is 0.0697. The van der Waals surface area contributed by atoms with E-state index >= 15 is 0 Å². The first-order valence-corrected chi connectivity index (χ1v) is 7.09. The molecule has 0 atom stereocenters. The smallest absolute Gasteiger partial charge is 0.196 e. The molecule has 3 aromatic rings. The van der Waals surface area contributed by atoms with Gasteiger partial charge in [-0.2, -0.15) is 0 Å². The highest BCUT2D eigenvalue weighted by molar-refractivity contribution is 5.96. The first-order valence-electron chi connectivity index (χ1n) is 7.09. The average molecular weight is 326 g/mol. The lowest BCUT2D eigenvalue weighted by atomic mass is 10.1. The number of rotatable bonds is 2. The van der Waals surface area contributed by atoms with E-state index < -0.39 is 5.43 Å². The molecule has 7 nitrogen and oxygen atoms in total. The van der Waals surface area contributed by atoms with E-state index in [1.165, 1.54) is 25.1 Å². The second kappa shape index (κ2) is 5.69. The van der Waals surface area contributed by atoms with E-state index in [0.717, 1.165) is 0 Å². The van der Waals surface area contributed by atoms with Gasteiger partial charge in [0.2, 0.25) is 0 Å². The molecule has 0 unspecified atom stereocenters. The molecular weight excluding hydrogens is 312 g/mol. The number of fused-ring (bicyclic) bond motifs is 1. The van der Waals surface area contributed by atoms with E-state index in [1.54, 1.807) is 19.1 Å². The lowest BCUT2D eigenvalue weighted by Gasteiger charge is -2.09. The van der Waals surface area contributed by atoms with E-state index in [9.17, 15) is 20.1 Å². The van der Waals surface area contributed by atoms with Crippen LogP contribution in [0.2, 0.25) is 0 Å². The Balaban J connectivity index is 2.32. The number of phenols is 3. The van der Waals surface area contributed by atoms with E-state index in [4.69, 9.17) is 4.42 Å². The molecule has 0 bridgehead atoms. The molecule has 3 rings (SSSR count). The van der Waals surface area contributed by atoms with Crippen molar-refractivity contribution in [3.63, 3.8) is 0 Å². The van der Waals surface area contributed by atoms with Crippen LogP contribution < -0.4 is 5.43 Å². The Bertz CT molecular complexity index is 1040. The summed E-state index contributed by atoms with van der Waals surface area (Å²) in [6, 6.07) is 7.51. The quantitative estimate of drug-likeness (QED) is 0.617. The van der Waals surface area contributed by atoms with E-state index in [2.05, 4.69) is 10.2 Å². The average Bonchev–Trinajstić information content (AvgIpc) is 2.53. The third kappa shape index (κ3) is 2.45. The topological polar surface area (TPSA) is 116 Å². The highest BCUT2D eigenvalue weighted by atomic mass is 16.3. The standard InChI is InChI=1S/C17H14N2O5/c1-8-7-12(21)13-15(22)9(2)16(23)14(17(13)24-8)19-18-10-5-3-4-6-11(10)20/h3-7,20,22-23H,1-2H3. The van der Waals surface area contributed by atoms with Crippen LogP contribution in [0.3, 0.4) is 0 Å². The molecule has 0 radical (unpaired) electrons. The summed E-state index contributed by atoms with van der Waals surface area (Å²) in [4.78, 5) is 12.2. The van der Waals surface area contributed by atoms with Crippen molar-refractivity contribution >= 4 is 22.3 Å². The van der Waals surface area contributed by atoms with Gasteiger partial charge >= 0.3 is 0 Å². The fraction of sp³-hybridized carbons (Fsp3) is 0.118. The van der Waals surface area contributed by atoms with Gasteiger partial charge in [-0.25, -0.2) is 0 Å². The third-order valence-electron chi connectivity index (χ3n) is 3.60. The van der Waals surface area contributed by atoms with Crippen molar-refractivity contribution in [2.75, 3.05) is 0 Å². The van der Waals surface area contributed by atoms with Crippen molar-refractivity contribution < 1.29 is 19.7 Å². The predicted molar refractivity (Wildman–Crippen MR) is 87.6 cm³/mol. The minimum atomic E-state index is -0.451. The number of phenolic OH excluding ortho intramolecular Hbond substituents is 3. The van der Waals surface area contributed by atoms with E-state index in [1.807, 2.05) is 0 Å². The molecule has 122 valence electrons. The molecule has 0 saturated carbocycles. The monoisotopic (exact) mass is 326 g/mol. The van der Waals surface area contributed by atoms with Crippen molar-refractivity contribution in [2.45, 2.75) is 13.8 Å². The molecule has 1 heterocycles. The normalized spacial score (nSPS) is 11.4. The molecule has 2 aromatic carbocycles. The van der Waals surface area contributed by atoms with Gasteiger partial charge in [0, 0.05) is 11.6 Å². The Morgan fingerprint density at radius 2 is 1.71 bits per heavy atom. The van der Waals surface area contributed by atoms with Crippen molar-refractivity contribution in [3.05, 3.63) is 51.9 Å². The zero-order chi connectivity index (χ0) is 17.4. The number of para-hydroxylation sites is 1. The summed E-state index contributed by atoms with van der Waals surface area (Å²) < 4.78 is 5.47. The Labute approximate surface area is 136 Å². The second-order valence-corrected chi connectivity index (χ2v) is 5.28. The first kappa shape index (κ1) is 15.5. The van der Waals surface area contributed by atoms with Gasteiger partial charge in [0.05, 0.1) is 0 Å². The number of hydrogen-bond acceptors (Lipinski definition) is 7. The van der Waals surface area contributed by atoms with Gasteiger partial charge in [0.1, 0.15) is 28.3 Å². The van der Waals surface area contributed by atoms with Crippen LogP contribution in [-0.2, 0) is 0 Å². The third-order valence-corrected chi connectivity index (χ3v) is 3.60. The molecule has 0 aliphatic heterocycles. The van der Waals surface area contributed by atoms with E-state index in [0.29, 0.717) is 5.76 Å². The summed E-state index contributed by atoms with van der Waals surface area (Å²) in [5, 5.41) is 37.9. The molecule has 0 spiro atoms. The van der Waals surface area contributed by atoms with Crippen LogP contribution in [0.25, 0.3) is 11.0 Å². The molecule has 7 heteroatoms. The fourth-order valence-electron chi connectivity index (χ4n) is 2.33. The van der Waals surface area contributed by atoms with Crippen LogP contribution in [0.4, 0.5) is 11.4 Å².